The summed E-state index contributed by atoms with van der Waals surface area (Å²) in [6.07, 6.45) is 0. The van der Waals surface area contributed by atoms with E-state index in [4.69, 9.17) is 25.2 Å². The summed E-state index contributed by atoms with van der Waals surface area (Å²) < 4.78 is 16.9. The van der Waals surface area contributed by atoms with Crippen molar-refractivity contribution < 1.29 is 33.4 Å². The molecule has 0 saturated heterocycles. The number of carbonyl (C=O) groups excluding carboxylic acids is 2. The number of Topliss-reactive ketones (excluding diaryl/α,β-unsaturated/α-hetero) is 1. The van der Waals surface area contributed by atoms with Gasteiger partial charge in [-0.25, -0.2) is 0 Å². The third-order valence-electron chi connectivity index (χ3n) is 5.86. The molecule has 0 aliphatic carbocycles. The highest BCUT2D eigenvalue weighted by Gasteiger charge is 2.47. The van der Waals surface area contributed by atoms with Crippen LogP contribution < -0.4 is 9.64 Å². The lowest BCUT2D eigenvalue weighted by Gasteiger charge is -2.25. The highest BCUT2D eigenvalue weighted by Crippen LogP contribution is 2.45. The lowest BCUT2D eigenvalue weighted by Crippen LogP contribution is -2.31. The number of amides is 1. The number of methoxy groups -OCH3 is 1. The quantitative estimate of drug-likeness (QED) is 0.338. The van der Waals surface area contributed by atoms with E-state index in [1.807, 2.05) is 0 Å². The van der Waals surface area contributed by atoms with E-state index in [-0.39, 0.29) is 28.5 Å². The summed E-state index contributed by atoms with van der Waals surface area (Å²) in [5.41, 5.74) is 0.944. The van der Waals surface area contributed by atoms with Crippen molar-refractivity contribution in [1.29, 1.82) is 0 Å². The Morgan fingerprint density at radius 1 is 1.06 bits per heavy atom. The minimum absolute atomic E-state index is 0.126. The smallest absolute Gasteiger partial charge is 0.294 e. The molecule has 5 rings (SSSR count). The number of aryl methyl sites for hydroxylation is 2. The summed E-state index contributed by atoms with van der Waals surface area (Å²) in [7, 11) is 1.45. The number of anilines is 1. The fourth-order valence-corrected chi connectivity index (χ4v) is 4.48. The largest absolute Gasteiger partial charge is 0.506 e. The van der Waals surface area contributed by atoms with Crippen LogP contribution in [0, 0.1) is 13.8 Å². The molecule has 0 bridgehead atoms. The molecule has 2 aromatic heterocycles. The highest BCUT2D eigenvalue weighted by molar-refractivity contribution is 6.31. The molecule has 1 atom stereocenters. The number of nitrogens with zero attached hydrogens (tertiary/aromatic N) is 1. The predicted octanol–water partition coefficient (Wildman–Crippen LogP) is 5.79. The van der Waals surface area contributed by atoms with Gasteiger partial charge in [0.25, 0.3) is 5.91 Å². The predicted molar refractivity (Wildman–Crippen MR) is 128 cm³/mol. The van der Waals surface area contributed by atoms with Crippen molar-refractivity contribution in [2.24, 2.45) is 0 Å². The van der Waals surface area contributed by atoms with Gasteiger partial charge < -0.3 is 23.8 Å². The van der Waals surface area contributed by atoms with E-state index < -0.39 is 23.5 Å². The van der Waals surface area contributed by atoms with Gasteiger partial charge >= 0.3 is 0 Å². The first-order chi connectivity index (χ1) is 16.7. The molecule has 0 fully saturated rings. The molecule has 2 aromatic carbocycles. The number of rotatable bonds is 5. The van der Waals surface area contributed by atoms with Gasteiger partial charge in [-0.1, -0.05) is 17.7 Å². The maximum Gasteiger partial charge on any atom is 0.294 e. The standard InChI is InChI=1S/C26H20ClNO7/c1-12-4-6-17(29)16(8-12)28-22(18-7-5-13(2)34-18)21(24(31)26(28)32)23(30)19-10-14-9-15(27)11-20(33-3)25(14)35-19/h4-11,22,29,31H,1-3H3. The first-order valence-electron chi connectivity index (χ1n) is 10.6. The fraction of sp³-hybridized carbons (Fsp3) is 0.154. The molecule has 0 saturated carbocycles. The summed E-state index contributed by atoms with van der Waals surface area (Å²) in [5.74, 6) is -1.55. The van der Waals surface area contributed by atoms with Crippen LogP contribution in [0.15, 0.2) is 68.7 Å². The van der Waals surface area contributed by atoms with Crippen LogP contribution in [0.25, 0.3) is 11.0 Å². The average molecular weight is 494 g/mol. The molecule has 1 aliphatic heterocycles. The monoisotopic (exact) mass is 493 g/mol. The van der Waals surface area contributed by atoms with Gasteiger partial charge in [0.2, 0.25) is 5.78 Å². The average Bonchev–Trinajstić information content (AvgIpc) is 3.51. The molecule has 0 spiro atoms. The summed E-state index contributed by atoms with van der Waals surface area (Å²) >= 11 is 6.14. The Morgan fingerprint density at radius 3 is 2.51 bits per heavy atom. The van der Waals surface area contributed by atoms with Crippen molar-refractivity contribution in [2.45, 2.75) is 19.9 Å². The number of aliphatic hydroxyl groups excluding tert-OH is 1. The second kappa shape index (κ2) is 8.25. The van der Waals surface area contributed by atoms with Gasteiger partial charge in [-0.15, -0.1) is 0 Å². The molecule has 1 amide bonds. The SMILES string of the molecule is COc1cc(Cl)cc2cc(C(=O)C3=C(O)C(=O)N(c4cc(C)ccc4O)C3c3ccc(C)o3)oc12. The van der Waals surface area contributed by atoms with Crippen LogP contribution in [0.1, 0.15) is 33.7 Å². The van der Waals surface area contributed by atoms with Gasteiger partial charge in [0.05, 0.1) is 18.4 Å². The first-order valence-corrected chi connectivity index (χ1v) is 11.0. The van der Waals surface area contributed by atoms with Gasteiger partial charge in [-0.3, -0.25) is 14.5 Å². The summed E-state index contributed by atoms with van der Waals surface area (Å²) in [6.45, 7) is 3.51. The molecule has 4 aromatic rings. The summed E-state index contributed by atoms with van der Waals surface area (Å²) in [6, 6.07) is 11.5. The number of ether oxygens (including phenoxy) is 1. The van der Waals surface area contributed by atoms with E-state index >= 15 is 0 Å². The van der Waals surface area contributed by atoms with Gasteiger partial charge in [0, 0.05) is 16.5 Å². The minimum Gasteiger partial charge on any atom is -0.506 e. The second-order valence-electron chi connectivity index (χ2n) is 8.25. The van der Waals surface area contributed by atoms with E-state index in [9.17, 15) is 19.8 Å². The van der Waals surface area contributed by atoms with E-state index in [0.29, 0.717) is 27.5 Å². The Kier molecular flexibility index (Phi) is 5.33. The number of carbonyl (C=O) groups is 2. The topological polar surface area (TPSA) is 113 Å². The number of hydrogen-bond acceptors (Lipinski definition) is 7. The minimum atomic E-state index is -1.14. The number of aromatic hydroxyl groups is 1. The molecule has 8 nitrogen and oxygen atoms in total. The van der Waals surface area contributed by atoms with Crippen LogP contribution in [0.5, 0.6) is 11.5 Å². The molecule has 3 heterocycles. The highest BCUT2D eigenvalue weighted by atomic mass is 35.5. The van der Waals surface area contributed by atoms with Gasteiger partial charge in [-0.2, -0.15) is 0 Å². The van der Waals surface area contributed by atoms with Crippen LogP contribution in [0.3, 0.4) is 0 Å². The third kappa shape index (κ3) is 3.63. The molecule has 1 aliphatic rings. The molecule has 1 unspecified atom stereocenters. The fourth-order valence-electron chi connectivity index (χ4n) is 4.26. The van der Waals surface area contributed by atoms with Crippen molar-refractivity contribution in [1.82, 2.24) is 0 Å². The number of fused-ring (bicyclic) bond motifs is 1. The Labute approximate surface area is 204 Å². The Hall–Kier alpha value is -4.17. The summed E-state index contributed by atoms with van der Waals surface area (Å²) in [5, 5.41) is 22.3. The number of phenols is 1. The van der Waals surface area contributed by atoms with E-state index in [2.05, 4.69) is 0 Å². The zero-order valence-electron chi connectivity index (χ0n) is 19.0. The van der Waals surface area contributed by atoms with Crippen molar-refractivity contribution in [3.63, 3.8) is 0 Å². The molecule has 35 heavy (non-hydrogen) atoms. The second-order valence-corrected chi connectivity index (χ2v) is 8.68. The number of halogens is 1. The molecule has 2 N–H and O–H groups in total. The normalized spacial score (nSPS) is 15.9. The van der Waals surface area contributed by atoms with Crippen LogP contribution >= 0.6 is 11.6 Å². The zero-order valence-corrected chi connectivity index (χ0v) is 19.7. The Balaban J connectivity index is 1.68. The van der Waals surface area contributed by atoms with Gasteiger partial charge in [-0.05, 0) is 55.8 Å². The van der Waals surface area contributed by atoms with E-state index in [1.54, 1.807) is 50.2 Å². The van der Waals surface area contributed by atoms with Crippen molar-refractivity contribution in [2.75, 3.05) is 12.0 Å². The van der Waals surface area contributed by atoms with Crippen LogP contribution in [0.4, 0.5) is 5.69 Å². The van der Waals surface area contributed by atoms with Crippen molar-refractivity contribution in [3.05, 3.63) is 87.7 Å². The Bertz CT molecular complexity index is 1540. The Morgan fingerprint density at radius 2 is 1.83 bits per heavy atom. The van der Waals surface area contributed by atoms with E-state index in [0.717, 1.165) is 10.5 Å². The van der Waals surface area contributed by atoms with Gasteiger partial charge in [0.1, 0.15) is 23.3 Å². The number of benzene rings is 2. The molecule has 0 radical (unpaired) electrons. The number of phenolic OH excluding ortho intramolecular Hbond substituents is 1. The molecular weight excluding hydrogens is 474 g/mol. The zero-order chi connectivity index (χ0) is 25.0. The maximum absolute atomic E-state index is 13.7. The van der Waals surface area contributed by atoms with E-state index in [1.165, 1.54) is 19.2 Å². The van der Waals surface area contributed by atoms with Crippen molar-refractivity contribution in [3.8, 4) is 11.5 Å². The first kappa shape index (κ1) is 22.6. The summed E-state index contributed by atoms with van der Waals surface area (Å²) in [4.78, 5) is 28.1. The third-order valence-corrected chi connectivity index (χ3v) is 6.08. The number of furan rings is 2. The number of ketones is 1. The number of hydrogen-bond donors (Lipinski definition) is 2. The van der Waals surface area contributed by atoms with Crippen LogP contribution in [0.2, 0.25) is 5.02 Å². The van der Waals surface area contributed by atoms with Crippen LogP contribution in [-0.4, -0.2) is 29.0 Å². The number of aliphatic hydroxyl groups is 1. The van der Waals surface area contributed by atoms with Crippen LogP contribution in [-0.2, 0) is 4.79 Å². The molecule has 178 valence electrons. The lowest BCUT2D eigenvalue weighted by molar-refractivity contribution is -0.117. The lowest BCUT2D eigenvalue weighted by atomic mass is 9.99. The van der Waals surface area contributed by atoms with Crippen molar-refractivity contribution >= 4 is 39.9 Å². The maximum atomic E-state index is 13.7. The molecular formula is C26H20ClNO7. The molecule has 9 heteroatoms. The van der Waals surface area contributed by atoms with Gasteiger partial charge in [0.15, 0.2) is 22.9 Å².